The van der Waals surface area contributed by atoms with E-state index in [0.717, 1.165) is 21.8 Å². The third kappa shape index (κ3) is 2.32. The lowest BCUT2D eigenvalue weighted by Gasteiger charge is -2.27. The molecular formula is C15H13Br2NO. The molecule has 1 aliphatic carbocycles. The summed E-state index contributed by atoms with van der Waals surface area (Å²) in [7, 11) is 0. The highest BCUT2D eigenvalue weighted by Crippen LogP contribution is 2.37. The number of amides is 1. The molecule has 0 radical (unpaired) electrons. The lowest BCUT2D eigenvalue weighted by Crippen LogP contribution is -2.38. The van der Waals surface area contributed by atoms with Crippen molar-refractivity contribution >= 4 is 48.5 Å². The standard InChI is InChI=1S/C15H13Br2NO/c1-8(19)18-10-6-11-13(16)4-2-9-3-5-14(17)12(7-10)15(9)11/h2-5,10H,6-7H2,1H3,(H,18,19). The Morgan fingerprint density at radius 2 is 1.63 bits per heavy atom. The molecule has 0 atom stereocenters. The van der Waals surface area contributed by atoms with Gasteiger partial charge in [0.25, 0.3) is 0 Å². The van der Waals surface area contributed by atoms with E-state index in [2.05, 4.69) is 61.4 Å². The van der Waals surface area contributed by atoms with Gasteiger partial charge in [-0.2, -0.15) is 0 Å². The Hall–Kier alpha value is -0.870. The van der Waals surface area contributed by atoms with Gasteiger partial charge in [-0.15, -0.1) is 0 Å². The van der Waals surface area contributed by atoms with Gasteiger partial charge in [0.05, 0.1) is 0 Å². The maximum Gasteiger partial charge on any atom is 0.217 e. The minimum Gasteiger partial charge on any atom is -0.353 e. The molecule has 1 N–H and O–H groups in total. The largest absolute Gasteiger partial charge is 0.353 e. The average Bonchev–Trinajstić information content (AvgIpc) is 2.36. The number of benzene rings is 2. The second-order valence-corrected chi connectivity index (χ2v) is 6.66. The van der Waals surface area contributed by atoms with Gasteiger partial charge in [-0.25, -0.2) is 0 Å². The zero-order valence-electron chi connectivity index (χ0n) is 10.5. The molecule has 2 aromatic rings. The molecule has 0 aromatic heterocycles. The first-order valence-electron chi connectivity index (χ1n) is 6.22. The van der Waals surface area contributed by atoms with Gasteiger partial charge in [0.1, 0.15) is 0 Å². The summed E-state index contributed by atoms with van der Waals surface area (Å²) in [5.41, 5.74) is 2.58. The van der Waals surface area contributed by atoms with Crippen molar-refractivity contribution in [3.8, 4) is 0 Å². The second-order valence-electron chi connectivity index (χ2n) is 4.96. The molecule has 4 heteroatoms. The fraction of sp³-hybridized carbons (Fsp3) is 0.267. The summed E-state index contributed by atoms with van der Waals surface area (Å²) < 4.78 is 2.24. The molecule has 2 nitrogen and oxygen atoms in total. The van der Waals surface area contributed by atoms with Gasteiger partial charge >= 0.3 is 0 Å². The third-order valence-corrected chi connectivity index (χ3v) is 5.08. The molecule has 2 aromatic carbocycles. The average molecular weight is 383 g/mol. The van der Waals surface area contributed by atoms with Gasteiger partial charge in [-0.1, -0.05) is 44.0 Å². The Balaban J connectivity index is 2.19. The van der Waals surface area contributed by atoms with E-state index in [9.17, 15) is 4.79 Å². The van der Waals surface area contributed by atoms with Crippen LogP contribution in [0, 0.1) is 0 Å². The fourth-order valence-electron chi connectivity index (χ4n) is 2.87. The van der Waals surface area contributed by atoms with E-state index < -0.39 is 0 Å². The van der Waals surface area contributed by atoms with E-state index in [1.165, 1.54) is 21.9 Å². The van der Waals surface area contributed by atoms with Gasteiger partial charge in [0.15, 0.2) is 0 Å². The Labute approximate surface area is 128 Å². The second kappa shape index (κ2) is 4.91. The molecular weight excluding hydrogens is 370 g/mol. The van der Waals surface area contributed by atoms with Gasteiger partial charge in [-0.3, -0.25) is 4.79 Å². The van der Waals surface area contributed by atoms with E-state index in [4.69, 9.17) is 0 Å². The SMILES string of the molecule is CC(=O)NC1Cc2c(Br)ccc3ccc(Br)c(c23)C1. The molecule has 0 heterocycles. The fourth-order valence-corrected chi connectivity index (χ4v) is 3.86. The zero-order valence-corrected chi connectivity index (χ0v) is 13.6. The molecule has 98 valence electrons. The van der Waals surface area contributed by atoms with Crippen molar-refractivity contribution in [3.63, 3.8) is 0 Å². The summed E-state index contributed by atoms with van der Waals surface area (Å²) in [6.07, 6.45) is 1.75. The normalized spacial score (nSPS) is 14.7. The smallest absolute Gasteiger partial charge is 0.217 e. The van der Waals surface area contributed by atoms with Crippen molar-refractivity contribution in [2.45, 2.75) is 25.8 Å². The summed E-state index contributed by atoms with van der Waals surface area (Å²) in [6.45, 7) is 1.57. The maximum absolute atomic E-state index is 11.3. The first kappa shape index (κ1) is 13.1. The highest BCUT2D eigenvalue weighted by molar-refractivity contribution is 9.10. The predicted octanol–water partition coefficient (Wildman–Crippen LogP) is 3.97. The molecule has 0 fully saturated rings. The zero-order chi connectivity index (χ0) is 13.6. The number of hydrogen-bond donors (Lipinski definition) is 1. The van der Waals surface area contributed by atoms with Crippen LogP contribution in [0.5, 0.6) is 0 Å². The number of rotatable bonds is 1. The highest BCUT2D eigenvalue weighted by Gasteiger charge is 2.24. The Morgan fingerprint density at radius 3 is 2.11 bits per heavy atom. The molecule has 0 saturated carbocycles. The van der Waals surface area contributed by atoms with E-state index in [1.54, 1.807) is 6.92 Å². The van der Waals surface area contributed by atoms with Crippen LogP contribution in [0.1, 0.15) is 18.1 Å². The highest BCUT2D eigenvalue weighted by atomic mass is 79.9. The molecule has 0 spiro atoms. The lowest BCUT2D eigenvalue weighted by molar-refractivity contribution is -0.119. The number of nitrogens with one attached hydrogen (secondary N) is 1. The molecule has 0 aliphatic heterocycles. The van der Waals surface area contributed by atoms with Crippen molar-refractivity contribution in [1.82, 2.24) is 5.32 Å². The van der Waals surface area contributed by atoms with Crippen LogP contribution in [0.4, 0.5) is 0 Å². The molecule has 19 heavy (non-hydrogen) atoms. The van der Waals surface area contributed by atoms with Gasteiger partial charge in [0, 0.05) is 21.9 Å². The summed E-state index contributed by atoms with van der Waals surface area (Å²) in [5.74, 6) is 0.0313. The van der Waals surface area contributed by atoms with Crippen molar-refractivity contribution < 1.29 is 4.79 Å². The van der Waals surface area contributed by atoms with Crippen molar-refractivity contribution in [3.05, 3.63) is 44.3 Å². The van der Waals surface area contributed by atoms with Crippen LogP contribution in [-0.4, -0.2) is 11.9 Å². The van der Waals surface area contributed by atoms with Crippen molar-refractivity contribution in [2.75, 3.05) is 0 Å². The van der Waals surface area contributed by atoms with Crippen LogP contribution < -0.4 is 5.32 Å². The van der Waals surface area contributed by atoms with Gasteiger partial charge in [-0.05, 0) is 46.9 Å². The number of carbonyl (C=O) groups excluding carboxylic acids is 1. The Bertz CT molecular complexity index is 635. The van der Waals surface area contributed by atoms with Crippen LogP contribution in [0.15, 0.2) is 33.2 Å². The molecule has 1 aliphatic rings. The predicted molar refractivity (Wildman–Crippen MR) is 84.4 cm³/mol. The van der Waals surface area contributed by atoms with Crippen molar-refractivity contribution in [2.24, 2.45) is 0 Å². The number of halogens is 2. The molecule has 0 bridgehead atoms. The lowest BCUT2D eigenvalue weighted by atomic mass is 9.85. The topological polar surface area (TPSA) is 29.1 Å². The summed E-state index contributed by atoms with van der Waals surface area (Å²) in [4.78, 5) is 11.3. The number of hydrogen-bond acceptors (Lipinski definition) is 1. The van der Waals surface area contributed by atoms with Crippen LogP contribution in [0.25, 0.3) is 10.8 Å². The van der Waals surface area contributed by atoms with Crippen LogP contribution in [0.3, 0.4) is 0 Å². The molecule has 3 rings (SSSR count). The first-order valence-corrected chi connectivity index (χ1v) is 7.80. The summed E-state index contributed by atoms with van der Waals surface area (Å²) >= 11 is 7.27. The molecule has 0 unspecified atom stereocenters. The van der Waals surface area contributed by atoms with Gasteiger partial charge in [0.2, 0.25) is 5.91 Å². The quantitative estimate of drug-likeness (QED) is 0.794. The van der Waals surface area contributed by atoms with Gasteiger partial charge < -0.3 is 5.32 Å². The monoisotopic (exact) mass is 381 g/mol. The van der Waals surface area contributed by atoms with Crippen molar-refractivity contribution in [1.29, 1.82) is 0 Å². The Kier molecular flexibility index (Phi) is 3.39. The van der Waals surface area contributed by atoms with E-state index in [0.29, 0.717) is 0 Å². The third-order valence-electron chi connectivity index (χ3n) is 3.60. The van der Waals surface area contributed by atoms with Crippen LogP contribution in [0.2, 0.25) is 0 Å². The summed E-state index contributed by atoms with van der Waals surface area (Å²) in [5, 5.41) is 5.63. The Morgan fingerprint density at radius 1 is 1.11 bits per heavy atom. The molecule has 1 amide bonds. The summed E-state index contributed by atoms with van der Waals surface area (Å²) in [6, 6.07) is 8.62. The maximum atomic E-state index is 11.3. The first-order chi connectivity index (χ1) is 9.06. The van der Waals surface area contributed by atoms with E-state index in [-0.39, 0.29) is 11.9 Å². The van der Waals surface area contributed by atoms with E-state index in [1.807, 2.05) is 0 Å². The van der Waals surface area contributed by atoms with E-state index >= 15 is 0 Å². The van der Waals surface area contributed by atoms with Crippen LogP contribution >= 0.6 is 31.9 Å². The number of carbonyl (C=O) groups is 1. The van der Waals surface area contributed by atoms with Crippen LogP contribution in [-0.2, 0) is 17.6 Å². The minimum atomic E-state index is 0.0313. The molecule has 0 saturated heterocycles. The minimum absolute atomic E-state index is 0.0313.